The topological polar surface area (TPSA) is 58.6 Å². The molecule has 1 N–H and O–H groups in total. The lowest BCUT2D eigenvalue weighted by Crippen LogP contribution is -2.38. The molecule has 1 aliphatic rings. The minimum atomic E-state index is -0.444. The van der Waals surface area contributed by atoms with Crippen molar-refractivity contribution < 1.29 is 14.3 Å². The molecule has 1 unspecified atom stereocenters. The van der Waals surface area contributed by atoms with Crippen LogP contribution in [0.4, 0.5) is 4.79 Å². The van der Waals surface area contributed by atoms with E-state index >= 15 is 0 Å². The molecule has 0 aromatic rings. The van der Waals surface area contributed by atoms with E-state index in [0.717, 1.165) is 6.42 Å². The van der Waals surface area contributed by atoms with Gasteiger partial charge in [0, 0.05) is 25.4 Å². The summed E-state index contributed by atoms with van der Waals surface area (Å²) in [6, 6.07) is 0.00685. The van der Waals surface area contributed by atoms with Gasteiger partial charge in [-0.2, -0.15) is 0 Å². The Morgan fingerprint density at radius 1 is 1.56 bits per heavy atom. The number of amides is 2. The van der Waals surface area contributed by atoms with Gasteiger partial charge in [0.15, 0.2) is 0 Å². The van der Waals surface area contributed by atoms with Crippen LogP contribution >= 0.6 is 11.6 Å². The fourth-order valence-electron chi connectivity index (χ4n) is 1.71. The van der Waals surface area contributed by atoms with Crippen molar-refractivity contribution >= 4 is 23.6 Å². The lowest BCUT2D eigenvalue weighted by atomic mass is 10.3. The molecule has 1 heterocycles. The number of likely N-dealkylation sites (tertiary alicyclic amines) is 1. The summed E-state index contributed by atoms with van der Waals surface area (Å²) in [5.74, 6) is 0.610. The average Bonchev–Trinajstić information content (AvgIpc) is 2.74. The van der Waals surface area contributed by atoms with E-state index in [1.165, 1.54) is 7.11 Å². The summed E-state index contributed by atoms with van der Waals surface area (Å²) in [7, 11) is 1.33. The van der Waals surface area contributed by atoms with Crippen molar-refractivity contribution in [2.24, 2.45) is 0 Å². The zero-order valence-electron chi connectivity index (χ0n) is 9.37. The van der Waals surface area contributed by atoms with Crippen molar-refractivity contribution in [2.45, 2.75) is 25.3 Å². The van der Waals surface area contributed by atoms with Crippen LogP contribution in [-0.4, -0.2) is 49.0 Å². The standard InChI is InChI=1S/C10H17ClN2O3/c1-16-10(15)12-8-4-6-13(7-8)9(14)3-2-5-11/h8H,2-7H2,1H3,(H,12,15). The summed E-state index contributed by atoms with van der Waals surface area (Å²) in [5, 5.41) is 2.69. The number of carbonyl (C=O) groups excluding carboxylic acids is 2. The van der Waals surface area contributed by atoms with Crippen LogP contribution in [0.3, 0.4) is 0 Å². The van der Waals surface area contributed by atoms with Gasteiger partial charge in [-0.3, -0.25) is 4.79 Å². The highest BCUT2D eigenvalue weighted by Crippen LogP contribution is 2.11. The molecule has 1 fully saturated rings. The number of nitrogens with one attached hydrogen (secondary N) is 1. The number of halogens is 1. The lowest BCUT2D eigenvalue weighted by Gasteiger charge is -2.16. The van der Waals surface area contributed by atoms with Gasteiger partial charge in [0.2, 0.25) is 5.91 Å². The molecule has 2 amide bonds. The Morgan fingerprint density at radius 3 is 2.94 bits per heavy atom. The average molecular weight is 249 g/mol. The maximum atomic E-state index is 11.6. The van der Waals surface area contributed by atoms with E-state index < -0.39 is 6.09 Å². The fourth-order valence-corrected chi connectivity index (χ4v) is 1.84. The van der Waals surface area contributed by atoms with E-state index in [9.17, 15) is 9.59 Å². The zero-order chi connectivity index (χ0) is 12.0. The first-order valence-corrected chi connectivity index (χ1v) is 5.89. The molecule has 6 heteroatoms. The Morgan fingerprint density at radius 2 is 2.31 bits per heavy atom. The van der Waals surface area contributed by atoms with Gasteiger partial charge in [0.05, 0.1) is 13.2 Å². The first kappa shape index (κ1) is 13.1. The Hall–Kier alpha value is -0.970. The molecule has 0 bridgehead atoms. The van der Waals surface area contributed by atoms with Gasteiger partial charge < -0.3 is 15.0 Å². The molecule has 0 aliphatic carbocycles. The fraction of sp³-hybridized carbons (Fsp3) is 0.800. The molecule has 5 nitrogen and oxygen atoms in total. The van der Waals surface area contributed by atoms with E-state index in [-0.39, 0.29) is 11.9 Å². The van der Waals surface area contributed by atoms with Crippen LogP contribution < -0.4 is 5.32 Å². The van der Waals surface area contributed by atoms with Gasteiger partial charge in [-0.15, -0.1) is 11.6 Å². The predicted molar refractivity (Wildman–Crippen MR) is 60.5 cm³/mol. The molecule has 0 radical (unpaired) electrons. The van der Waals surface area contributed by atoms with E-state index in [4.69, 9.17) is 11.6 Å². The van der Waals surface area contributed by atoms with Gasteiger partial charge in [-0.25, -0.2) is 4.79 Å². The molecule has 1 rings (SSSR count). The van der Waals surface area contributed by atoms with Crippen LogP contribution in [0.1, 0.15) is 19.3 Å². The number of nitrogens with zero attached hydrogens (tertiary/aromatic N) is 1. The molecule has 0 aromatic heterocycles. The maximum absolute atomic E-state index is 11.6. The number of alkyl carbamates (subject to hydrolysis) is 1. The van der Waals surface area contributed by atoms with Crippen molar-refractivity contribution in [1.82, 2.24) is 10.2 Å². The number of rotatable bonds is 4. The van der Waals surface area contributed by atoms with Crippen LogP contribution in [-0.2, 0) is 9.53 Å². The molecule has 16 heavy (non-hydrogen) atoms. The lowest BCUT2D eigenvalue weighted by molar-refractivity contribution is -0.130. The first-order chi connectivity index (χ1) is 7.67. The van der Waals surface area contributed by atoms with Crippen molar-refractivity contribution in [3.63, 3.8) is 0 Å². The van der Waals surface area contributed by atoms with Crippen molar-refractivity contribution in [2.75, 3.05) is 26.1 Å². The highest BCUT2D eigenvalue weighted by atomic mass is 35.5. The third kappa shape index (κ3) is 3.89. The van der Waals surface area contributed by atoms with Crippen LogP contribution in [0.25, 0.3) is 0 Å². The van der Waals surface area contributed by atoms with E-state index in [1.54, 1.807) is 4.90 Å². The molecule has 1 atom stereocenters. The zero-order valence-corrected chi connectivity index (χ0v) is 10.1. The van der Waals surface area contributed by atoms with Gasteiger partial charge >= 0.3 is 6.09 Å². The van der Waals surface area contributed by atoms with Gasteiger partial charge in [0.25, 0.3) is 0 Å². The summed E-state index contributed by atoms with van der Waals surface area (Å²) < 4.78 is 4.50. The molecule has 92 valence electrons. The highest BCUT2D eigenvalue weighted by Gasteiger charge is 2.26. The van der Waals surface area contributed by atoms with Crippen LogP contribution in [0.15, 0.2) is 0 Å². The summed E-state index contributed by atoms with van der Waals surface area (Å²) in [4.78, 5) is 24.3. The number of hydrogen-bond donors (Lipinski definition) is 1. The second-order valence-corrected chi connectivity index (χ2v) is 4.13. The smallest absolute Gasteiger partial charge is 0.407 e. The molecule has 0 saturated carbocycles. The Labute approximate surface area is 100 Å². The van der Waals surface area contributed by atoms with E-state index in [1.807, 2.05) is 0 Å². The highest BCUT2D eigenvalue weighted by molar-refractivity contribution is 6.17. The quantitative estimate of drug-likeness (QED) is 0.754. The van der Waals surface area contributed by atoms with Crippen LogP contribution in [0.5, 0.6) is 0 Å². The SMILES string of the molecule is COC(=O)NC1CCN(C(=O)CCCCl)C1. The Balaban J connectivity index is 2.28. The van der Waals surface area contributed by atoms with Crippen molar-refractivity contribution in [1.29, 1.82) is 0 Å². The van der Waals surface area contributed by atoms with Crippen LogP contribution in [0.2, 0.25) is 0 Å². The summed E-state index contributed by atoms with van der Waals surface area (Å²) >= 11 is 5.52. The first-order valence-electron chi connectivity index (χ1n) is 5.35. The molecule has 0 aromatic carbocycles. The number of carbonyl (C=O) groups is 2. The minimum absolute atomic E-state index is 0.00685. The second kappa shape index (κ2) is 6.58. The molecule has 0 spiro atoms. The third-order valence-electron chi connectivity index (χ3n) is 2.57. The molecular formula is C10H17ClN2O3. The second-order valence-electron chi connectivity index (χ2n) is 3.75. The van der Waals surface area contributed by atoms with Gasteiger partial charge in [0.1, 0.15) is 0 Å². The van der Waals surface area contributed by atoms with Crippen molar-refractivity contribution in [3.05, 3.63) is 0 Å². The normalized spacial score (nSPS) is 19.6. The number of ether oxygens (including phenoxy) is 1. The van der Waals surface area contributed by atoms with Crippen molar-refractivity contribution in [3.8, 4) is 0 Å². The molecule has 1 saturated heterocycles. The molecule has 1 aliphatic heterocycles. The summed E-state index contributed by atoms with van der Waals surface area (Å²) in [5.41, 5.74) is 0. The number of alkyl halides is 1. The minimum Gasteiger partial charge on any atom is -0.453 e. The number of methoxy groups -OCH3 is 1. The largest absolute Gasteiger partial charge is 0.453 e. The summed E-state index contributed by atoms with van der Waals surface area (Å²) in [6.45, 7) is 1.26. The van der Waals surface area contributed by atoms with Crippen LogP contribution in [0, 0.1) is 0 Å². The molecular weight excluding hydrogens is 232 g/mol. The monoisotopic (exact) mass is 248 g/mol. The maximum Gasteiger partial charge on any atom is 0.407 e. The van der Waals surface area contributed by atoms with Gasteiger partial charge in [-0.1, -0.05) is 0 Å². The van der Waals surface area contributed by atoms with E-state index in [2.05, 4.69) is 10.1 Å². The van der Waals surface area contributed by atoms with Gasteiger partial charge in [-0.05, 0) is 12.8 Å². The van der Waals surface area contributed by atoms with E-state index in [0.29, 0.717) is 31.8 Å². The predicted octanol–water partition coefficient (Wildman–Crippen LogP) is 0.962. The number of hydrogen-bond acceptors (Lipinski definition) is 3. The Bertz CT molecular complexity index is 260. The summed E-state index contributed by atoms with van der Waals surface area (Å²) in [6.07, 6.45) is 1.52. The Kier molecular flexibility index (Phi) is 5.38. The third-order valence-corrected chi connectivity index (χ3v) is 2.84.